The van der Waals surface area contributed by atoms with E-state index in [9.17, 15) is 4.79 Å². The summed E-state index contributed by atoms with van der Waals surface area (Å²) in [5.41, 5.74) is 1.13. The smallest absolute Gasteiger partial charge is 0.341 e. The molecule has 0 aliphatic heterocycles. The highest BCUT2D eigenvalue weighted by atomic mass is 16.5. The predicted octanol–water partition coefficient (Wildman–Crippen LogP) is 2.05. The molecule has 3 rings (SSSR count). The minimum atomic E-state index is -0.525. The molecule has 0 fully saturated rings. The van der Waals surface area contributed by atoms with Crippen molar-refractivity contribution in [2.45, 2.75) is 0 Å². The van der Waals surface area contributed by atoms with Crippen molar-refractivity contribution in [1.82, 2.24) is 15.1 Å². The Labute approximate surface area is 124 Å². The van der Waals surface area contributed by atoms with Crippen molar-refractivity contribution in [3.63, 3.8) is 0 Å². The lowest BCUT2D eigenvalue weighted by atomic mass is 10.2. The van der Waals surface area contributed by atoms with Crippen LogP contribution in [-0.4, -0.2) is 28.2 Å². The first-order valence-electron chi connectivity index (χ1n) is 6.08. The number of ether oxygens (including phenoxy) is 1. The molecule has 0 bridgehead atoms. The molecule has 0 saturated carbocycles. The molecule has 0 atom stereocenters. The Bertz CT molecular complexity index is 858. The van der Waals surface area contributed by atoms with Gasteiger partial charge in [0.15, 0.2) is 5.76 Å². The van der Waals surface area contributed by atoms with Crippen LogP contribution < -0.4 is 0 Å². The molecular weight excluding hydrogens is 288 g/mol. The fourth-order valence-corrected chi connectivity index (χ4v) is 1.69. The number of methoxy groups -OCH3 is 1. The van der Waals surface area contributed by atoms with Gasteiger partial charge in [-0.1, -0.05) is 5.16 Å². The van der Waals surface area contributed by atoms with Gasteiger partial charge in [0.2, 0.25) is 5.82 Å². The van der Waals surface area contributed by atoms with Crippen LogP contribution in [0.1, 0.15) is 15.9 Å². The SMILES string of the molecule is COC(=O)c1coc(-c2nc(-c3ccc(C#N)cn3)no2)c1. The first-order chi connectivity index (χ1) is 10.7. The van der Waals surface area contributed by atoms with E-state index in [2.05, 4.69) is 19.9 Å². The summed E-state index contributed by atoms with van der Waals surface area (Å²) in [7, 11) is 1.27. The van der Waals surface area contributed by atoms with E-state index in [4.69, 9.17) is 14.2 Å². The third-order valence-corrected chi connectivity index (χ3v) is 2.78. The summed E-state index contributed by atoms with van der Waals surface area (Å²) in [6, 6.07) is 6.61. The summed E-state index contributed by atoms with van der Waals surface area (Å²) in [5.74, 6) is 0.0723. The molecule has 22 heavy (non-hydrogen) atoms. The molecule has 0 radical (unpaired) electrons. The summed E-state index contributed by atoms with van der Waals surface area (Å²) in [6.07, 6.45) is 2.65. The zero-order valence-electron chi connectivity index (χ0n) is 11.3. The number of esters is 1. The highest BCUT2D eigenvalue weighted by Gasteiger charge is 2.17. The third-order valence-electron chi connectivity index (χ3n) is 2.78. The van der Waals surface area contributed by atoms with Gasteiger partial charge in [-0.15, -0.1) is 0 Å². The number of pyridine rings is 1. The Morgan fingerprint density at radius 3 is 2.95 bits per heavy atom. The summed E-state index contributed by atoms with van der Waals surface area (Å²) in [4.78, 5) is 19.6. The molecule has 8 heteroatoms. The zero-order chi connectivity index (χ0) is 15.5. The van der Waals surface area contributed by atoms with Crippen molar-refractivity contribution in [1.29, 1.82) is 5.26 Å². The first-order valence-corrected chi connectivity index (χ1v) is 6.08. The van der Waals surface area contributed by atoms with Gasteiger partial charge >= 0.3 is 5.97 Å². The van der Waals surface area contributed by atoms with Gasteiger partial charge in [0, 0.05) is 12.3 Å². The van der Waals surface area contributed by atoms with Crippen molar-refractivity contribution in [2.24, 2.45) is 0 Å². The van der Waals surface area contributed by atoms with Crippen molar-refractivity contribution in [3.05, 3.63) is 41.8 Å². The molecule has 108 valence electrons. The largest absolute Gasteiger partial charge is 0.465 e. The van der Waals surface area contributed by atoms with Gasteiger partial charge in [0.1, 0.15) is 18.0 Å². The van der Waals surface area contributed by atoms with Crippen LogP contribution in [0.25, 0.3) is 23.2 Å². The van der Waals surface area contributed by atoms with E-state index in [1.54, 1.807) is 12.1 Å². The third kappa shape index (κ3) is 2.43. The van der Waals surface area contributed by atoms with Gasteiger partial charge in [-0.3, -0.25) is 4.98 Å². The van der Waals surface area contributed by atoms with Crippen molar-refractivity contribution < 1.29 is 18.5 Å². The number of furan rings is 1. The number of carbonyl (C=O) groups is 1. The fraction of sp³-hybridized carbons (Fsp3) is 0.0714. The highest BCUT2D eigenvalue weighted by molar-refractivity contribution is 5.89. The quantitative estimate of drug-likeness (QED) is 0.674. The van der Waals surface area contributed by atoms with E-state index < -0.39 is 5.97 Å². The number of nitrogens with zero attached hydrogens (tertiary/aromatic N) is 4. The molecule has 3 aromatic rings. The highest BCUT2D eigenvalue weighted by Crippen LogP contribution is 2.23. The number of carbonyl (C=O) groups excluding carboxylic acids is 1. The molecule has 0 spiro atoms. The average molecular weight is 296 g/mol. The number of hydrogen-bond acceptors (Lipinski definition) is 8. The molecule has 3 heterocycles. The zero-order valence-corrected chi connectivity index (χ0v) is 11.3. The van der Waals surface area contributed by atoms with Gasteiger partial charge in [-0.05, 0) is 12.1 Å². The van der Waals surface area contributed by atoms with Gasteiger partial charge in [-0.2, -0.15) is 10.2 Å². The van der Waals surface area contributed by atoms with E-state index in [0.29, 0.717) is 11.3 Å². The summed E-state index contributed by atoms with van der Waals surface area (Å²) >= 11 is 0. The molecule has 0 N–H and O–H groups in total. The molecule has 0 amide bonds. The van der Waals surface area contributed by atoms with E-state index in [0.717, 1.165) is 0 Å². The lowest BCUT2D eigenvalue weighted by Gasteiger charge is -1.92. The van der Waals surface area contributed by atoms with Crippen LogP contribution in [0.2, 0.25) is 0 Å². The number of aromatic nitrogens is 3. The van der Waals surface area contributed by atoms with Crippen LogP contribution in [0.15, 0.2) is 39.6 Å². The Kier molecular flexibility index (Phi) is 3.37. The van der Waals surface area contributed by atoms with E-state index in [-0.39, 0.29) is 23.0 Å². The monoisotopic (exact) mass is 296 g/mol. The minimum Gasteiger partial charge on any atom is -0.465 e. The maximum absolute atomic E-state index is 11.4. The number of hydrogen-bond donors (Lipinski definition) is 0. The lowest BCUT2D eigenvalue weighted by Crippen LogP contribution is -1.98. The molecule has 3 aromatic heterocycles. The van der Waals surface area contributed by atoms with E-state index in [1.165, 1.54) is 25.6 Å². The van der Waals surface area contributed by atoms with Crippen LogP contribution in [0.3, 0.4) is 0 Å². The standard InChI is InChI=1S/C14H8N4O4/c1-20-14(19)9-4-11(21-7-9)13-17-12(18-22-13)10-3-2-8(5-15)6-16-10/h2-4,6-7H,1H3. The van der Waals surface area contributed by atoms with Gasteiger partial charge in [0.05, 0.1) is 18.2 Å². The maximum atomic E-state index is 11.4. The topological polar surface area (TPSA) is 115 Å². The summed E-state index contributed by atoms with van der Waals surface area (Å²) in [5, 5.41) is 12.5. The summed E-state index contributed by atoms with van der Waals surface area (Å²) in [6.45, 7) is 0. The average Bonchev–Trinajstić information content (AvgIpc) is 3.23. The van der Waals surface area contributed by atoms with Gasteiger partial charge in [0.25, 0.3) is 5.89 Å². The maximum Gasteiger partial charge on any atom is 0.341 e. The van der Waals surface area contributed by atoms with Crippen LogP contribution >= 0.6 is 0 Å². The fourth-order valence-electron chi connectivity index (χ4n) is 1.69. The Morgan fingerprint density at radius 1 is 1.41 bits per heavy atom. The second-order valence-corrected chi connectivity index (χ2v) is 4.16. The molecular formula is C14H8N4O4. The molecule has 0 aliphatic carbocycles. The normalized spacial score (nSPS) is 10.2. The van der Waals surface area contributed by atoms with Crippen LogP contribution in [0, 0.1) is 11.3 Å². The minimum absolute atomic E-state index is 0.108. The molecule has 0 saturated heterocycles. The van der Waals surface area contributed by atoms with Crippen LogP contribution in [0.5, 0.6) is 0 Å². The predicted molar refractivity (Wildman–Crippen MR) is 71.3 cm³/mol. The second kappa shape index (κ2) is 5.49. The van der Waals surface area contributed by atoms with Gasteiger partial charge < -0.3 is 13.7 Å². The first kappa shape index (κ1) is 13.5. The van der Waals surface area contributed by atoms with Crippen LogP contribution in [0.4, 0.5) is 0 Å². The lowest BCUT2D eigenvalue weighted by molar-refractivity contribution is 0.0600. The van der Waals surface area contributed by atoms with E-state index >= 15 is 0 Å². The summed E-state index contributed by atoms with van der Waals surface area (Å²) < 4.78 is 14.9. The Hall–Kier alpha value is -3.47. The van der Waals surface area contributed by atoms with Gasteiger partial charge in [-0.25, -0.2) is 4.79 Å². The van der Waals surface area contributed by atoms with Crippen molar-refractivity contribution in [3.8, 4) is 29.2 Å². The number of nitriles is 1. The Balaban J connectivity index is 1.88. The molecule has 8 nitrogen and oxygen atoms in total. The Morgan fingerprint density at radius 2 is 2.27 bits per heavy atom. The second-order valence-electron chi connectivity index (χ2n) is 4.16. The number of rotatable bonds is 3. The molecule has 0 aliphatic rings. The van der Waals surface area contributed by atoms with Crippen molar-refractivity contribution >= 4 is 5.97 Å². The molecule has 0 aromatic carbocycles. The molecule has 0 unspecified atom stereocenters. The van der Waals surface area contributed by atoms with Crippen LogP contribution in [-0.2, 0) is 4.74 Å². The van der Waals surface area contributed by atoms with E-state index in [1.807, 2.05) is 6.07 Å². The van der Waals surface area contributed by atoms with Crippen molar-refractivity contribution in [2.75, 3.05) is 7.11 Å².